The van der Waals surface area contributed by atoms with Crippen LogP contribution in [0.5, 0.6) is 0 Å². The minimum atomic E-state index is -1.17. The van der Waals surface area contributed by atoms with Crippen LogP contribution in [0, 0.1) is 0 Å². The molecule has 3 aromatic carbocycles. The molecule has 4 N–H and O–H groups in total. The molecule has 0 saturated carbocycles. The van der Waals surface area contributed by atoms with Crippen molar-refractivity contribution in [3.05, 3.63) is 115 Å². The van der Waals surface area contributed by atoms with Gasteiger partial charge in [0, 0.05) is 41.1 Å². The van der Waals surface area contributed by atoms with Gasteiger partial charge in [-0.15, -0.1) is 0 Å². The zero-order valence-electron chi connectivity index (χ0n) is 22.1. The van der Waals surface area contributed by atoms with E-state index in [-0.39, 0.29) is 6.42 Å². The van der Waals surface area contributed by atoms with Gasteiger partial charge in [-0.3, -0.25) is 4.79 Å². The second-order valence-corrected chi connectivity index (χ2v) is 9.40. The Hall–Kier alpha value is -5.12. The van der Waals surface area contributed by atoms with Crippen molar-refractivity contribution in [3.8, 4) is 28.3 Å². The molecule has 9 heteroatoms. The van der Waals surface area contributed by atoms with Gasteiger partial charge >= 0.3 is 5.97 Å². The van der Waals surface area contributed by atoms with Gasteiger partial charge in [0.15, 0.2) is 5.82 Å². The van der Waals surface area contributed by atoms with E-state index in [4.69, 9.17) is 15.2 Å². The molecule has 206 valence electrons. The first-order valence-corrected chi connectivity index (χ1v) is 13.1. The number of nitrogens with zero attached hydrogens (tertiary/aromatic N) is 4. The summed E-state index contributed by atoms with van der Waals surface area (Å²) < 4.78 is 1.75. The number of aliphatic hydroxyl groups is 2. The summed E-state index contributed by atoms with van der Waals surface area (Å²) in [6, 6.07) is 30.8. The Morgan fingerprint density at radius 1 is 0.878 bits per heavy atom. The first kappa shape index (κ1) is 27.4. The molecule has 0 aliphatic rings. The lowest BCUT2D eigenvalue weighted by molar-refractivity contribution is -0.139. The van der Waals surface area contributed by atoms with Gasteiger partial charge in [-0.2, -0.15) is 10.1 Å². The van der Waals surface area contributed by atoms with Crippen LogP contribution < -0.4 is 5.32 Å². The molecular weight excluding hydrogens is 518 g/mol. The summed E-state index contributed by atoms with van der Waals surface area (Å²) in [5, 5.41) is 37.8. The van der Waals surface area contributed by atoms with Crippen molar-refractivity contribution >= 4 is 23.7 Å². The monoisotopic (exact) mass is 547 g/mol. The van der Waals surface area contributed by atoms with E-state index in [1.165, 1.54) is 0 Å². The van der Waals surface area contributed by atoms with Gasteiger partial charge in [0.1, 0.15) is 5.69 Å². The number of nitrogens with one attached hydrogen (secondary N) is 1. The summed E-state index contributed by atoms with van der Waals surface area (Å²) >= 11 is 0. The van der Waals surface area contributed by atoms with Crippen molar-refractivity contribution in [2.45, 2.75) is 25.0 Å². The summed E-state index contributed by atoms with van der Waals surface area (Å²) in [5.74, 6) is -0.186. The fourth-order valence-electron chi connectivity index (χ4n) is 4.46. The van der Waals surface area contributed by atoms with Crippen LogP contribution in [-0.2, 0) is 4.79 Å². The van der Waals surface area contributed by atoms with Crippen molar-refractivity contribution in [1.82, 2.24) is 19.7 Å². The predicted octanol–water partition coefficient (Wildman–Crippen LogP) is 5.34. The summed E-state index contributed by atoms with van der Waals surface area (Å²) in [5.41, 5.74) is 4.71. The molecule has 0 aliphatic carbocycles. The normalized spacial score (nSPS) is 12.7. The molecule has 0 unspecified atom stereocenters. The number of carboxylic acids is 1. The molecule has 5 aromatic rings. The van der Waals surface area contributed by atoms with E-state index in [0.29, 0.717) is 17.5 Å². The average molecular weight is 548 g/mol. The van der Waals surface area contributed by atoms with E-state index in [1.807, 2.05) is 91.0 Å². The van der Waals surface area contributed by atoms with Crippen LogP contribution >= 0.6 is 0 Å². The summed E-state index contributed by atoms with van der Waals surface area (Å²) in [6.07, 6.45) is 2.17. The third-order valence-corrected chi connectivity index (χ3v) is 6.31. The molecule has 0 saturated heterocycles. The minimum absolute atomic E-state index is 0.112. The SMILES string of the molecule is O=C(O)C[C@H](O)C[C@H](O)/C=C/c1c(-c2ccccc2)nn(-c2ccnc(Nc3ccccc3)n2)c1-c1ccccc1. The van der Waals surface area contributed by atoms with E-state index in [2.05, 4.69) is 10.3 Å². The van der Waals surface area contributed by atoms with Crippen LogP contribution in [0.4, 0.5) is 11.6 Å². The summed E-state index contributed by atoms with van der Waals surface area (Å²) in [7, 11) is 0. The third kappa shape index (κ3) is 6.91. The van der Waals surface area contributed by atoms with Gasteiger partial charge in [-0.25, -0.2) is 9.67 Å². The maximum absolute atomic E-state index is 11.0. The highest BCUT2D eigenvalue weighted by atomic mass is 16.4. The molecular formula is C32H29N5O4. The number of anilines is 2. The first-order chi connectivity index (χ1) is 20.0. The number of aliphatic carboxylic acids is 1. The van der Waals surface area contributed by atoms with Crippen LogP contribution in [0.2, 0.25) is 0 Å². The second-order valence-electron chi connectivity index (χ2n) is 9.40. The fourth-order valence-corrected chi connectivity index (χ4v) is 4.46. The molecule has 0 bridgehead atoms. The number of benzene rings is 3. The van der Waals surface area contributed by atoms with E-state index >= 15 is 0 Å². The van der Waals surface area contributed by atoms with Crippen LogP contribution in [-0.4, -0.2) is 53.2 Å². The number of hydrogen-bond acceptors (Lipinski definition) is 7. The zero-order chi connectivity index (χ0) is 28.6. The Labute approximate surface area is 237 Å². The van der Waals surface area contributed by atoms with E-state index < -0.39 is 24.6 Å². The molecule has 9 nitrogen and oxygen atoms in total. The smallest absolute Gasteiger partial charge is 0.305 e. The molecule has 2 heterocycles. The van der Waals surface area contributed by atoms with E-state index in [0.717, 1.165) is 28.1 Å². The number of carboxylic acid groups (broad SMARTS) is 1. The lowest BCUT2D eigenvalue weighted by Crippen LogP contribution is -2.19. The highest BCUT2D eigenvalue weighted by molar-refractivity contribution is 5.84. The van der Waals surface area contributed by atoms with Crippen LogP contribution in [0.3, 0.4) is 0 Å². The molecule has 41 heavy (non-hydrogen) atoms. The molecule has 0 fully saturated rings. The van der Waals surface area contributed by atoms with Gasteiger partial charge in [0.25, 0.3) is 0 Å². The van der Waals surface area contributed by atoms with Gasteiger partial charge in [-0.1, -0.05) is 91.0 Å². The van der Waals surface area contributed by atoms with Gasteiger partial charge < -0.3 is 20.6 Å². The topological polar surface area (TPSA) is 133 Å². The maximum atomic E-state index is 11.0. The van der Waals surface area contributed by atoms with Crippen molar-refractivity contribution < 1.29 is 20.1 Å². The standard InChI is InChI=1S/C32H29N5O4/c38-25(20-26(39)21-29(40)41)16-17-27-30(22-10-4-1-5-11-22)36-37(31(27)23-12-6-2-7-13-23)28-18-19-33-32(35-28)34-24-14-8-3-9-15-24/h1-19,25-26,38-39H,20-21H2,(H,40,41)(H,33,34,35)/b17-16+/t25-,26-/m1/s1. The van der Waals surface area contributed by atoms with E-state index in [9.17, 15) is 15.0 Å². The second kappa shape index (κ2) is 12.8. The highest BCUT2D eigenvalue weighted by Crippen LogP contribution is 2.35. The molecule has 0 aliphatic heterocycles. The van der Waals surface area contributed by atoms with Gasteiger partial charge in [0.05, 0.1) is 24.3 Å². The van der Waals surface area contributed by atoms with Crippen LogP contribution in [0.25, 0.3) is 34.4 Å². The average Bonchev–Trinajstić information content (AvgIpc) is 3.37. The lowest BCUT2D eigenvalue weighted by Gasteiger charge is -2.12. The fraction of sp³-hybridized carbons (Fsp3) is 0.125. The Balaban J connectivity index is 1.62. The minimum Gasteiger partial charge on any atom is -0.481 e. The molecule has 2 aromatic heterocycles. The number of aromatic nitrogens is 4. The van der Waals surface area contributed by atoms with Gasteiger partial charge in [-0.05, 0) is 12.1 Å². The zero-order valence-corrected chi connectivity index (χ0v) is 22.1. The van der Waals surface area contributed by atoms with Gasteiger partial charge in [0.2, 0.25) is 5.95 Å². The number of aliphatic hydroxyl groups excluding tert-OH is 2. The lowest BCUT2D eigenvalue weighted by atomic mass is 10.00. The quantitative estimate of drug-likeness (QED) is 0.174. The number of rotatable bonds is 11. The van der Waals surface area contributed by atoms with Crippen molar-refractivity contribution in [2.24, 2.45) is 0 Å². The van der Waals surface area contributed by atoms with E-state index in [1.54, 1.807) is 29.1 Å². The Morgan fingerprint density at radius 3 is 2.17 bits per heavy atom. The predicted molar refractivity (Wildman–Crippen MR) is 158 cm³/mol. The third-order valence-electron chi connectivity index (χ3n) is 6.31. The molecule has 2 atom stereocenters. The molecule has 5 rings (SSSR count). The van der Waals surface area contributed by atoms with Crippen molar-refractivity contribution in [1.29, 1.82) is 0 Å². The number of carbonyl (C=O) groups is 1. The number of para-hydroxylation sites is 1. The van der Waals surface area contributed by atoms with Crippen molar-refractivity contribution in [2.75, 3.05) is 5.32 Å². The number of hydrogen-bond donors (Lipinski definition) is 4. The first-order valence-electron chi connectivity index (χ1n) is 13.1. The molecule has 0 amide bonds. The Bertz CT molecular complexity index is 1620. The van der Waals surface area contributed by atoms with Crippen LogP contribution in [0.15, 0.2) is 109 Å². The Kier molecular flexibility index (Phi) is 8.58. The highest BCUT2D eigenvalue weighted by Gasteiger charge is 2.22. The largest absolute Gasteiger partial charge is 0.481 e. The summed E-state index contributed by atoms with van der Waals surface area (Å²) in [4.78, 5) is 20.1. The maximum Gasteiger partial charge on any atom is 0.305 e. The molecule has 0 spiro atoms. The van der Waals surface area contributed by atoms with Crippen molar-refractivity contribution in [3.63, 3.8) is 0 Å². The molecule has 0 radical (unpaired) electrons. The Morgan fingerprint density at radius 2 is 1.51 bits per heavy atom. The summed E-state index contributed by atoms with van der Waals surface area (Å²) in [6.45, 7) is 0. The van der Waals surface area contributed by atoms with Crippen LogP contribution in [0.1, 0.15) is 18.4 Å².